The largest absolute Gasteiger partial charge is 0.573 e. The van der Waals surface area contributed by atoms with Crippen molar-refractivity contribution >= 4 is 5.69 Å². The van der Waals surface area contributed by atoms with Gasteiger partial charge in [0.1, 0.15) is 12.1 Å². The molecule has 1 heterocycles. The number of ether oxygens (including phenoxy) is 1. The number of nitrogens with zero attached hydrogens (tertiary/aromatic N) is 3. The first-order valence-corrected chi connectivity index (χ1v) is 5.36. The van der Waals surface area contributed by atoms with E-state index in [0.717, 1.165) is 5.82 Å². The number of halogens is 3. The van der Waals surface area contributed by atoms with Gasteiger partial charge >= 0.3 is 6.36 Å². The number of anilines is 1. The first kappa shape index (κ1) is 13.2. The Morgan fingerprint density at radius 1 is 1.26 bits per heavy atom. The highest BCUT2D eigenvalue weighted by Crippen LogP contribution is 2.23. The summed E-state index contributed by atoms with van der Waals surface area (Å²) < 4.78 is 41.4. The standard InChI is InChI=1S/C11H11F3N4O/c1-18-7-16-17-10(18)6-15-8-2-4-9(5-3-8)19-11(12,13)14/h2-5,7,15H,6H2,1H3. The third-order valence-electron chi connectivity index (χ3n) is 2.34. The molecule has 0 aliphatic carbocycles. The van der Waals surface area contributed by atoms with Gasteiger partial charge in [0.05, 0.1) is 6.54 Å². The second kappa shape index (κ2) is 5.17. The van der Waals surface area contributed by atoms with Crippen molar-refractivity contribution in [3.63, 3.8) is 0 Å². The molecule has 1 aromatic heterocycles. The Morgan fingerprint density at radius 2 is 1.95 bits per heavy atom. The quantitative estimate of drug-likeness (QED) is 0.928. The van der Waals surface area contributed by atoms with Crippen molar-refractivity contribution in [3.05, 3.63) is 36.4 Å². The van der Waals surface area contributed by atoms with Gasteiger partial charge in [-0.15, -0.1) is 23.4 Å². The number of benzene rings is 1. The maximum absolute atomic E-state index is 12.0. The molecule has 0 saturated heterocycles. The van der Waals surface area contributed by atoms with Crippen LogP contribution in [-0.2, 0) is 13.6 Å². The summed E-state index contributed by atoms with van der Waals surface area (Å²) in [4.78, 5) is 0. The molecule has 0 spiro atoms. The van der Waals surface area contributed by atoms with Crippen molar-refractivity contribution in [1.29, 1.82) is 0 Å². The summed E-state index contributed by atoms with van der Waals surface area (Å²) in [5, 5.41) is 10.6. The van der Waals surface area contributed by atoms with E-state index >= 15 is 0 Å². The van der Waals surface area contributed by atoms with Gasteiger partial charge in [0.2, 0.25) is 0 Å². The fourth-order valence-electron chi connectivity index (χ4n) is 1.42. The molecule has 0 aliphatic rings. The monoisotopic (exact) mass is 272 g/mol. The predicted octanol–water partition coefficient (Wildman–Crippen LogP) is 2.33. The Kier molecular flexibility index (Phi) is 3.59. The van der Waals surface area contributed by atoms with Crippen LogP contribution in [-0.4, -0.2) is 21.1 Å². The zero-order valence-electron chi connectivity index (χ0n) is 9.98. The fraction of sp³-hybridized carbons (Fsp3) is 0.273. The molecule has 0 unspecified atom stereocenters. The summed E-state index contributed by atoms with van der Waals surface area (Å²) in [5.41, 5.74) is 0.664. The van der Waals surface area contributed by atoms with Gasteiger partial charge in [-0.25, -0.2) is 0 Å². The average molecular weight is 272 g/mol. The maximum atomic E-state index is 12.0. The molecule has 102 valence electrons. The highest BCUT2D eigenvalue weighted by molar-refractivity contribution is 5.46. The van der Waals surface area contributed by atoms with Crippen LogP contribution in [0.4, 0.5) is 18.9 Å². The van der Waals surface area contributed by atoms with Gasteiger partial charge in [0.15, 0.2) is 5.82 Å². The van der Waals surface area contributed by atoms with Crippen molar-refractivity contribution in [2.24, 2.45) is 7.05 Å². The van der Waals surface area contributed by atoms with Crippen LogP contribution < -0.4 is 10.1 Å². The number of aryl methyl sites for hydroxylation is 1. The third-order valence-corrected chi connectivity index (χ3v) is 2.34. The van der Waals surface area contributed by atoms with Crippen LogP contribution in [0.25, 0.3) is 0 Å². The third kappa shape index (κ3) is 3.87. The van der Waals surface area contributed by atoms with E-state index in [1.807, 2.05) is 0 Å². The number of aromatic nitrogens is 3. The minimum absolute atomic E-state index is 0.253. The molecule has 0 radical (unpaired) electrons. The molecule has 5 nitrogen and oxygen atoms in total. The molecule has 0 fully saturated rings. The number of hydrogen-bond acceptors (Lipinski definition) is 4. The number of nitrogens with one attached hydrogen (secondary N) is 1. The SMILES string of the molecule is Cn1cnnc1CNc1ccc(OC(F)(F)F)cc1. The Morgan fingerprint density at radius 3 is 2.47 bits per heavy atom. The highest BCUT2D eigenvalue weighted by Gasteiger charge is 2.30. The van der Waals surface area contributed by atoms with E-state index in [0.29, 0.717) is 12.2 Å². The molecule has 0 amide bonds. The van der Waals surface area contributed by atoms with Crippen LogP contribution in [0, 0.1) is 0 Å². The van der Waals surface area contributed by atoms with Crippen molar-refractivity contribution in [1.82, 2.24) is 14.8 Å². The molecule has 0 bridgehead atoms. The van der Waals surface area contributed by atoms with Gasteiger partial charge in [-0.3, -0.25) is 0 Å². The lowest BCUT2D eigenvalue weighted by Gasteiger charge is -2.10. The molecule has 0 aliphatic heterocycles. The van der Waals surface area contributed by atoms with Crippen LogP contribution in [0.5, 0.6) is 5.75 Å². The Bertz CT molecular complexity index is 536. The van der Waals surface area contributed by atoms with Crippen molar-refractivity contribution < 1.29 is 17.9 Å². The summed E-state index contributed by atoms with van der Waals surface area (Å²) >= 11 is 0. The second-order valence-corrected chi connectivity index (χ2v) is 3.78. The molecule has 19 heavy (non-hydrogen) atoms. The van der Waals surface area contributed by atoms with Crippen LogP contribution in [0.1, 0.15) is 5.82 Å². The summed E-state index contributed by atoms with van der Waals surface area (Å²) in [6, 6.07) is 5.48. The van der Waals surface area contributed by atoms with Crippen LogP contribution in [0.3, 0.4) is 0 Å². The van der Waals surface area contributed by atoms with E-state index in [9.17, 15) is 13.2 Å². The minimum Gasteiger partial charge on any atom is -0.406 e. The van der Waals surface area contributed by atoms with Gasteiger partial charge < -0.3 is 14.6 Å². The summed E-state index contributed by atoms with van der Waals surface area (Å²) in [5.74, 6) is 0.465. The molecule has 0 atom stereocenters. The van der Waals surface area contributed by atoms with E-state index in [4.69, 9.17) is 0 Å². The summed E-state index contributed by atoms with van der Waals surface area (Å²) in [6.07, 6.45) is -3.11. The lowest BCUT2D eigenvalue weighted by Crippen LogP contribution is -2.17. The molecule has 2 aromatic rings. The molecular weight excluding hydrogens is 261 g/mol. The summed E-state index contributed by atoms with van der Waals surface area (Å²) in [7, 11) is 1.80. The first-order valence-electron chi connectivity index (χ1n) is 5.36. The molecule has 1 N–H and O–H groups in total. The topological polar surface area (TPSA) is 52.0 Å². The van der Waals surface area contributed by atoms with Crippen molar-refractivity contribution in [2.75, 3.05) is 5.32 Å². The van der Waals surface area contributed by atoms with Crippen LogP contribution >= 0.6 is 0 Å². The minimum atomic E-state index is -4.67. The number of alkyl halides is 3. The van der Waals surface area contributed by atoms with E-state index in [1.54, 1.807) is 17.9 Å². The lowest BCUT2D eigenvalue weighted by atomic mass is 10.3. The normalized spacial score (nSPS) is 11.4. The Balaban J connectivity index is 1.94. The predicted molar refractivity (Wildman–Crippen MR) is 61.5 cm³/mol. The Labute approximate surface area is 107 Å². The zero-order valence-corrected chi connectivity index (χ0v) is 9.98. The molecule has 8 heteroatoms. The first-order chi connectivity index (χ1) is 8.94. The van der Waals surface area contributed by atoms with Gasteiger partial charge in [0, 0.05) is 12.7 Å². The Hall–Kier alpha value is -2.25. The van der Waals surface area contributed by atoms with Crippen molar-refractivity contribution in [2.45, 2.75) is 12.9 Å². The van der Waals surface area contributed by atoms with Gasteiger partial charge in [-0.2, -0.15) is 0 Å². The number of rotatable bonds is 4. The average Bonchev–Trinajstić information content (AvgIpc) is 2.72. The van der Waals surface area contributed by atoms with Gasteiger partial charge in [-0.05, 0) is 24.3 Å². The number of hydrogen-bond donors (Lipinski definition) is 1. The maximum Gasteiger partial charge on any atom is 0.573 e. The van der Waals surface area contributed by atoms with E-state index in [-0.39, 0.29) is 5.75 Å². The fourth-order valence-corrected chi connectivity index (χ4v) is 1.42. The van der Waals surface area contributed by atoms with Crippen LogP contribution in [0.2, 0.25) is 0 Å². The molecule has 2 rings (SSSR count). The van der Waals surface area contributed by atoms with E-state index in [1.165, 1.54) is 24.3 Å². The lowest BCUT2D eigenvalue weighted by molar-refractivity contribution is -0.274. The zero-order chi connectivity index (χ0) is 13.9. The van der Waals surface area contributed by atoms with E-state index in [2.05, 4.69) is 20.3 Å². The molecule has 1 aromatic carbocycles. The van der Waals surface area contributed by atoms with Crippen molar-refractivity contribution in [3.8, 4) is 5.75 Å². The smallest absolute Gasteiger partial charge is 0.406 e. The highest BCUT2D eigenvalue weighted by atomic mass is 19.4. The van der Waals surface area contributed by atoms with E-state index < -0.39 is 6.36 Å². The van der Waals surface area contributed by atoms with Crippen LogP contribution in [0.15, 0.2) is 30.6 Å². The van der Waals surface area contributed by atoms with Gasteiger partial charge in [0.25, 0.3) is 0 Å². The summed E-state index contributed by atoms with van der Waals surface area (Å²) in [6.45, 7) is 0.427. The second-order valence-electron chi connectivity index (χ2n) is 3.78. The molecular formula is C11H11F3N4O. The van der Waals surface area contributed by atoms with Gasteiger partial charge in [-0.1, -0.05) is 0 Å². The molecule has 0 saturated carbocycles.